The Morgan fingerprint density at radius 3 is 2.29 bits per heavy atom. The molecule has 2 N–H and O–H groups in total. The number of halogens is 1. The molecule has 1 aromatic carbocycles. The third-order valence-corrected chi connectivity index (χ3v) is 6.30. The summed E-state index contributed by atoms with van der Waals surface area (Å²) >= 11 is 0. The van der Waals surface area contributed by atoms with E-state index >= 15 is 4.39 Å². The van der Waals surface area contributed by atoms with E-state index in [1.165, 1.54) is 30.5 Å². The Hall–Kier alpha value is -2.87. The number of carboxylic acid groups (broad SMARTS) is 1. The number of carbonyl (C=O) groups is 1. The van der Waals surface area contributed by atoms with Crippen molar-refractivity contribution in [3.05, 3.63) is 45.0 Å². The summed E-state index contributed by atoms with van der Waals surface area (Å²) in [6, 6.07) is 1.27. The van der Waals surface area contributed by atoms with Crippen LogP contribution in [0.3, 0.4) is 0 Å². The largest absolute Gasteiger partial charge is 0.492 e. The molecule has 0 amide bonds. The zero-order chi connectivity index (χ0) is 26.3. The summed E-state index contributed by atoms with van der Waals surface area (Å²) in [4.78, 5) is 26.4. The smallest absolute Gasteiger partial charge is 0.341 e. The van der Waals surface area contributed by atoms with Gasteiger partial charge < -0.3 is 24.6 Å². The van der Waals surface area contributed by atoms with Gasteiger partial charge in [-0.15, -0.1) is 0 Å². The number of nitrogens with zero attached hydrogens (tertiary/aromatic N) is 2. The number of fused-ring (bicyclic) bond motifs is 1. The number of piperidine rings is 1. The van der Waals surface area contributed by atoms with E-state index in [1.54, 1.807) is 4.57 Å². The molecule has 1 aromatic heterocycles. The van der Waals surface area contributed by atoms with E-state index in [4.69, 9.17) is 4.74 Å². The first kappa shape index (κ1) is 28.4. The molecule has 1 aliphatic heterocycles. The molecule has 0 unspecified atom stereocenters. The Morgan fingerprint density at radius 2 is 1.80 bits per heavy atom. The van der Waals surface area contributed by atoms with Gasteiger partial charge in [0.1, 0.15) is 11.3 Å². The first-order valence-electron chi connectivity index (χ1n) is 12.6. The van der Waals surface area contributed by atoms with Crippen molar-refractivity contribution in [2.75, 3.05) is 38.7 Å². The molecule has 1 saturated heterocycles. The van der Waals surface area contributed by atoms with Crippen molar-refractivity contribution in [2.45, 2.75) is 66.3 Å². The van der Waals surface area contributed by atoms with Crippen LogP contribution in [0.4, 0.5) is 10.1 Å². The van der Waals surface area contributed by atoms with E-state index < -0.39 is 17.2 Å². The van der Waals surface area contributed by atoms with Gasteiger partial charge in [0, 0.05) is 31.9 Å². The summed E-state index contributed by atoms with van der Waals surface area (Å²) in [5.41, 5.74) is 2.49. The topological polar surface area (TPSA) is 83.8 Å². The van der Waals surface area contributed by atoms with Crippen molar-refractivity contribution in [3.8, 4) is 5.75 Å². The van der Waals surface area contributed by atoms with Crippen LogP contribution >= 0.6 is 0 Å². The molecule has 0 atom stereocenters. The van der Waals surface area contributed by atoms with Gasteiger partial charge in [0.15, 0.2) is 11.6 Å². The minimum atomic E-state index is -1.31. The molecule has 7 nitrogen and oxygen atoms in total. The number of anilines is 1. The van der Waals surface area contributed by atoms with Crippen LogP contribution in [0.25, 0.3) is 10.9 Å². The lowest BCUT2D eigenvalue weighted by atomic mass is 9.97. The maximum atomic E-state index is 15.4. The van der Waals surface area contributed by atoms with Crippen LogP contribution in [-0.2, 0) is 0 Å². The molecule has 8 heteroatoms. The number of rotatable bonds is 6. The van der Waals surface area contributed by atoms with Gasteiger partial charge in [0.25, 0.3) is 0 Å². The molecule has 35 heavy (non-hydrogen) atoms. The predicted octanol–water partition coefficient (Wildman–Crippen LogP) is 5.37. The number of pyridine rings is 1. The fraction of sp³-hybridized carbons (Fsp3) is 0.556. The van der Waals surface area contributed by atoms with E-state index in [1.807, 2.05) is 39.6 Å². The molecule has 2 heterocycles. The lowest BCUT2D eigenvalue weighted by Gasteiger charge is -2.33. The average Bonchev–Trinajstić information content (AvgIpc) is 3.72. The highest BCUT2D eigenvalue weighted by Crippen LogP contribution is 2.44. The van der Waals surface area contributed by atoms with Gasteiger partial charge in [-0.05, 0) is 45.7 Å². The molecule has 0 radical (unpaired) electrons. The Labute approximate surface area is 207 Å². The Balaban J connectivity index is 0.00000103. The Bertz CT molecular complexity index is 1130. The van der Waals surface area contributed by atoms with E-state index in [9.17, 15) is 14.7 Å². The molecule has 0 bridgehead atoms. The van der Waals surface area contributed by atoms with Crippen LogP contribution in [-0.4, -0.2) is 49.4 Å². The first-order valence-corrected chi connectivity index (χ1v) is 12.6. The Morgan fingerprint density at radius 1 is 1.20 bits per heavy atom. The van der Waals surface area contributed by atoms with Crippen molar-refractivity contribution in [1.82, 2.24) is 9.88 Å². The summed E-state index contributed by atoms with van der Waals surface area (Å²) < 4.78 is 22.8. The van der Waals surface area contributed by atoms with Crippen molar-refractivity contribution < 1.29 is 19.0 Å². The van der Waals surface area contributed by atoms with Crippen molar-refractivity contribution in [1.29, 1.82) is 0 Å². The molecule has 2 aliphatic rings. The summed E-state index contributed by atoms with van der Waals surface area (Å²) in [6.07, 6.45) is 4.82. The number of likely N-dealkylation sites (N-methyl/N-ethyl adjacent to an activating group) is 1. The molecule has 1 saturated carbocycles. The minimum absolute atomic E-state index is 0.0485. The minimum Gasteiger partial charge on any atom is -0.492 e. The number of methoxy groups -OCH3 is 1. The second-order valence-corrected chi connectivity index (χ2v) is 8.35. The zero-order valence-corrected chi connectivity index (χ0v) is 22.1. The maximum Gasteiger partial charge on any atom is 0.341 e. The number of aromatic nitrogens is 1. The Kier molecular flexibility index (Phi) is 10.3. The molecular weight excluding hydrogens is 449 g/mol. The van der Waals surface area contributed by atoms with Crippen LogP contribution in [0.5, 0.6) is 5.75 Å². The summed E-state index contributed by atoms with van der Waals surface area (Å²) in [5.74, 6) is -1.57. The molecule has 194 valence electrons. The quantitative estimate of drug-likeness (QED) is 0.531. The standard InChI is InChI=1S/C23H28FN3O4.2C2H6/c1-13(11-25-2)14-6-8-26(9-7-14)20-18(24)10-16-19(22(20)31-3)27(15-4-5-15)12-17(21(16)28)23(29)30;2*1-2/h10,12,15,25H,4-9,11H2,1-3H3,(H,29,30);2*1-2H3. The molecule has 2 aromatic rings. The number of hydrogen-bond donors (Lipinski definition) is 2. The third-order valence-electron chi connectivity index (χ3n) is 6.30. The number of nitrogens with one attached hydrogen (secondary N) is 1. The number of ether oxygens (including phenoxy) is 1. The van der Waals surface area contributed by atoms with E-state index in [0.29, 0.717) is 30.0 Å². The van der Waals surface area contributed by atoms with Gasteiger partial charge in [0.05, 0.1) is 18.0 Å². The SMILES string of the molecule is CC.CC.CNCC(C)=C1CCN(c2c(F)cc3c(=O)c(C(=O)O)cn(C4CC4)c3c2OC)CC1. The average molecular weight is 490 g/mol. The van der Waals surface area contributed by atoms with Gasteiger partial charge in [-0.1, -0.05) is 38.8 Å². The van der Waals surface area contributed by atoms with Gasteiger partial charge in [-0.3, -0.25) is 4.79 Å². The maximum absolute atomic E-state index is 15.4. The summed E-state index contributed by atoms with van der Waals surface area (Å²) in [5, 5.41) is 12.7. The number of carboxylic acids is 1. The second-order valence-electron chi connectivity index (χ2n) is 8.35. The molecule has 2 fully saturated rings. The fourth-order valence-electron chi connectivity index (χ4n) is 4.54. The summed E-state index contributed by atoms with van der Waals surface area (Å²) in [6.45, 7) is 12.3. The van der Waals surface area contributed by atoms with Crippen LogP contribution in [0.1, 0.15) is 76.7 Å². The second kappa shape index (κ2) is 12.7. The normalized spacial score (nSPS) is 15.1. The van der Waals surface area contributed by atoms with Gasteiger partial charge in [0.2, 0.25) is 5.43 Å². The van der Waals surface area contributed by atoms with E-state index in [2.05, 4.69) is 12.2 Å². The van der Waals surface area contributed by atoms with Crippen LogP contribution in [0.15, 0.2) is 28.2 Å². The molecular formula is C27H40FN3O4. The van der Waals surface area contributed by atoms with Gasteiger partial charge in [-0.25, -0.2) is 9.18 Å². The van der Waals surface area contributed by atoms with E-state index in [-0.39, 0.29) is 17.0 Å². The highest BCUT2D eigenvalue weighted by atomic mass is 19.1. The van der Waals surface area contributed by atoms with Crippen LogP contribution in [0, 0.1) is 5.82 Å². The molecule has 1 aliphatic carbocycles. The van der Waals surface area contributed by atoms with Crippen molar-refractivity contribution in [2.24, 2.45) is 0 Å². The third kappa shape index (κ3) is 5.86. The van der Waals surface area contributed by atoms with Crippen LogP contribution < -0.4 is 20.4 Å². The number of aromatic carboxylic acids is 1. The van der Waals surface area contributed by atoms with Gasteiger partial charge in [-0.2, -0.15) is 0 Å². The zero-order valence-electron chi connectivity index (χ0n) is 22.1. The highest BCUT2D eigenvalue weighted by molar-refractivity contribution is 5.97. The fourth-order valence-corrected chi connectivity index (χ4v) is 4.54. The highest BCUT2D eigenvalue weighted by Gasteiger charge is 2.31. The van der Waals surface area contributed by atoms with Crippen molar-refractivity contribution >= 4 is 22.6 Å². The van der Waals surface area contributed by atoms with E-state index in [0.717, 1.165) is 32.2 Å². The predicted molar refractivity (Wildman–Crippen MR) is 141 cm³/mol. The van der Waals surface area contributed by atoms with Crippen molar-refractivity contribution in [3.63, 3.8) is 0 Å². The summed E-state index contributed by atoms with van der Waals surface area (Å²) in [7, 11) is 3.39. The first-order chi connectivity index (χ1) is 16.9. The number of hydrogen-bond acceptors (Lipinski definition) is 5. The van der Waals surface area contributed by atoms with Gasteiger partial charge >= 0.3 is 5.97 Å². The lowest BCUT2D eigenvalue weighted by molar-refractivity contribution is 0.0694. The lowest BCUT2D eigenvalue weighted by Crippen LogP contribution is -2.33. The van der Waals surface area contributed by atoms with Crippen LogP contribution in [0.2, 0.25) is 0 Å². The monoisotopic (exact) mass is 489 g/mol. The molecule has 0 spiro atoms. The molecule has 4 rings (SSSR count). The number of benzene rings is 1.